The first-order valence-corrected chi connectivity index (χ1v) is 4.72. The molecule has 1 rings (SSSR count). The summed E-state index contributed by atoms with van der Waals surface area (Å²) < 4.78 is 0. The van der Waals surface area contributed by atoms with E-state index in [1.807, 2.05) is 0 Å². The van der Waals surface area contributed by atoms with Crippen molar-refractivity contribution in [1.29, 1.82) is 0 Å². The van der Waals surface area contributed by atoms with Gasteiger partial charge in [0.15, 0.2) is 0 Å². The molecule has 0 aromatic heterocycles. The zero-order chi connectivity index (χ0) is 8.97. The Morgan fingerprint density at radius 3 is 2.83 bits per heavy atom. The van der Waals surface area contributed by atoms with Gasteiger partial charge in [-0.1, -0.05) is 13.3 Å². The molecule has 0 aliphatic heterocycles. The van der Waals surface area contributed by atoms with Gasteiger partial charge in [0.25, 0.3) is 0 Å². The van der Waals surface area contributed by atoms with E-state index in [2.05, 4.69) is 17.6 Å². The van der Waals surface area contributed by atoms with Gasteiger partial charge in [0, 0.05) is 26.1 Å². The van der Waals surface area contributed by atoms with Gasteiger partial charge in [-0.3, -0.25) is 4.79 Å². The minimum absolute atomic E-state index is 0.121. The van der Waals surface area contributed by atoms with Crippen LogP contribution in [-0.4, -0.2) is 25.5 Å². The summed E-state index contributed by atoms with van der Waals surface area (Å²) in [4.78, 5) is 10.8. The fourth-order valence-corrected chi connectivity index (χ4v) is 1.44. The maximum absolute atomic E-state index is 10.8. The van der Waals surface area contributed by atoms with E-state index in [4.69, 9.17) is 0 Å². The second kappa shape index (κ2) is 4.45. The molecule has 0 spiro atoms. The average molecular weight is 170 g/mol. The standard InChI is InChI=1S/C9H18N2O/c1-3-7-6-8(7)11-5-4-9(12)10-2/h7-8,11H,3-6H2,1-2H3,(H,10,12). The van der Waals surface area contributed by atoms with Gasteiger partial charge in [0.05, 0.1) is 0 Å². The smallest absolute Gasteiger partial charge is 0.221 e. The lowest BCUT2D eigenvalue weighted by atomic mass is 10.3. The monoisotopic (exact) mass is 170 g/mol. The van der Waals surface area contributed by atoms with Crippen LogP contribution in [0.15, 0.2) is 0 Å². The number of carbonyl (C=O) groups is 1. The Bertz CT molecular complexity index is 159. The van der Waals surface area contributed by atoms with Gasteiger partial charge in [-0.25, -0.2) is 0 Å². The molecule has 1 amide bonds. The Labute approximate surface area is 73.9 Å². The fraction of sp³-hybridized carbons (Fsp3) is 0.889. The topological polar surface area (TPSA) is 41.1 Å². The van der Waals surface area contributed by atoms with E-state index >= 15 is 0 Å². The molecule has 2 atom stereocenters. The molecule has 3 nitrogen and oxygen atoms in total. The van der Waals surface area contributed by atoms with E-state index in [1.165, 1.54) is 12.8 Å². The quantitative estimate of drug-likeness (QED) is 0.631. The Kier molecular flexibility index (Phi) is 3.53. The molecule has 1 aliphatic rings. The molecule has 2 N–H and O–H groups in total. The summed E-state index contributed by atoms with van der Waals surface area (Å²) in [6.07, 6.45) is 3.16. The minimum atomic E-state index is 0.121. The third-order valence-corrected chi connectivity index (χ3v) is 2.48. The first-order valence-electron chi connectivity index (χ1n) is 4.72. The van der Waals surface area contributed by atoms with E-state index in [0.29, 0.717) is 12.5 Å². The zero-order valence-corrected chi connectivity index (χ0v) is 7.89. The largest absolute Gasteiger partial charge is 0.359 e. The highest BCUT2D eigenvalue weighted by atomic mass is 16.1. The van der Waals surface area contributed by atoms with E-state index in [-0.39, 0.29) is 5.91 Å². The van der Waals surface area contributed by atoms with Crippen molar-refractivity contribution in [2.45, 2.75) is 32.2 Å². The molecule has 0 heterocycles. The van der Waals surface area contributed by atoms with Crippen molar-refractivity contribution in [3.05, 3.63) is 0 Å². The van der Waals surface area contributed by atoms with E-state index in [0.717, 1.165) is 12.5 Å². The third kappa shape index (κ3) is 2.81. The maximum Gasteiger partial charge on any atom is 0.221 e. The van der Waals surface area contributed by atoms with Crippen molar-refractivity contribution in [3.63, 3.8) is 0 Å². The summed E-state index contributed by atoms with van der Waals surface area (Å²) in [5, 5.41) is 5.97. The Morgan fingerprint density at radius 2 is 2.33 bits per heavy atom. The highest BCUT2D eigenvalue weighted by Crippen LogP contribution is 2.32. The molecule has 1 aliphatic carbocycles. The lowest BCUT2D eigenvalue weighted by molar-refractivity contribution is -0.120. The molecular weight excluding hydrogens is 152 g/mol. The zero-order valence-electron chi connectivity index (χ0n) is 7.89. The van der Waals surface area contributed by atoms with Crippen LogP contribution in [0, 0.1) is 5.92 Å². The molecule has 1 fully saturated rings. The molecule has 70 valence electrons. The van der Waals surface area contributed by atoms with Gasteiger partial charge in [-0.2, -0.15) is 0 Å². The Hall–Kier alpha value is -0.570. The summed E-state index contributed by atoms with van der Waals surface area (Å²) in [5.41, 5.74) is 0. The number of rotatable bonds is 5. The van der Waals surface area contributed by atoms with Crippen LogP contribution in [0.4, 0.5) is 0 Å². The van der Waals surface area contributed by atoms with Crippen LogP contribution in [-0.2, 0) is 4.79 Å². The number of hydrogen-bond donors (Lipinski definition) is 2. The molecule has 2 unspecified atom stereocenters. The Balaban J connectivity index is 1.94. The first kappa shape index (κ1) is 9.52. The fourth-order valence-electron chi connectivity index (χ4n) is 1.44. The van der Waals surface area contributed by atoms with Gasteiger partial charge in [-0.05, 0) is 12.3 Å². The van der Waals surface area contributed by atoms with Crippen molar-refractivity contribution >= 4 is 5.91 Å². The molecule has 3 heteroatoms. The van der Waals surface area contributed by atoms with Crippen molar-refractivity contribution < 1.29 is 4.79 Å². The first-order chi connectivity index (χ1) is 5.77. The second-order valence-corrected chi connectivity index (χ2v) is 3.39. The molecule has 1 saturated carbocycles. The van der Waals surface area contributed by atoms with Gasteiger partial charge < -0.3 is 10.6 Å². The van der Waals surface area contributed by atoms with Crippen LogP contribution in [0.5, 0.6) is 0 Å². The van der Waals surface area contributed by atoms with Gasteiger partial charge >= 0.3 is 0 Å². The predicted octanol–water partition coefficient (Wildman–Crippen LogP) is 0.511. The molecule has 0 aromatic carbocycles. The van der Waals surface area contributed by atoms with Gasteiger partial charge in [0.2, 0.25) is 5.91 Å². The van der Waals surface area contributed by atoms with Crippen LogP contribution in [0.2, 0.25) is 0 Å². The molecule has 0 aromatic rings. The van der Waals surface area contributed by atoms with Crippen molar-refractivity contribution in [3.8, 4) is 0 Å². The third-order valence-electron chi connectivity index (χ3n) is 2.48. The molecule has 12 heavy (non-hydrogen) atoms. The van der Waals surface area contributed by atoms with Crippen LogP contribution in [0.3, 0.4) is 0 Å². The minimum Gasteiger partial charge on any atom is -0.359 e. The normalized spacial score (nSPS) is 26.8. The predicted molar refractivity (Wildman–Crippen MR) is 48.9 cm³/mol. The summed E-state index contributed by atoms with van der Waals surface area (Å²) in [6, 6.07) is 0.694. The van der Waals surface area contributed by atoms with Crippen molar-refractivity contribution in [1.82, 2.24) is 10.6 Å². The van der Waals surface area contributed by atoms with Crippen molar-refractivity contribution in [2.75, 3.05) is 13.6 Å². The summed E-state index contributed by atoms with van der Waals surface area (Å²) in [5.74, 6) is 0.992. The van der Waals surface area contributed by atoms with Crippen LogP contribution < -0.4 is 10.6 Å². The number of carbonyl (C=O) groups excluding carboxylic acids is 1. The lowest BCUT2D eigenvalue weighted by Gasteiger charge is -2.01. The van der Waals surface area contributed by atoms with Gasteiger partial charge in [-0.15, -0.1) is 0 Å². The van der Waals surface area contributed by atoms with E-state index in [9.17, 15) is 4.79 Å². The average Bonchev–Trinajstić information content (AvgIpc) is 2.83. The number of amides is 1. The Morgan fingerprint density at radius 1 is 1.58 bits per heavy atom. The van der Waals surface area contributed by atoms with E-state index in [1.54, 1.807) is 7.05 Å². The molecule has 0 radical (unpaired) electrons. The molecular formula is C9H18N2O. The SMILES string of the molecule is CCC1CC1NCCC(=O)NC. The van der Waals surface area contributed by atoms with Crippen LogP contribution >= 0.6 is 0 Å². The van der Waals surface area contributed by atoms with Crippen LogP contribution in [0.25, 0.3) is 0 Å². The maximum atomic E-state index is 10.8. The molecule has 0 saturated heterocycles. The highest BCUT2D eigenvalue weighted by molar-refractivity contribution is 5.75. The summed E-state index contributed by atoms with van der Waals surface area (Å²) in [7, 11) is 1.67. The van der Waals surface area contributed by atoms with Crippen molar-refractivity contribution in [2.24, 2.45) is 5.92 Å². The summed E-state index contributed by atoms with van der Waals surface area (Å²) >= 11 is 0. The lowest BCUT2D eigenvalue weighted by Crippen LogP contribution is -2.26. The highest BCUT2D eigenvalue weighted by Gasteiger charge is 2.34. The van der Waals surface area contributed by atoms with E-state index < -0.39 is 0 Å². The van der Waals surface area contributed by atoms with Gasteiger partial charge in [0.1, 0.15) is 0 Å². The van der Waals surface area contributed by atoms with Crippen LogP contribution in [0.1, 0.15) is 26.2 Å². The number of hydrogen-bond acceptors (Lipinski definition) is 2. The molecule has 0 bridgehead atoms. The summed E-state index contributed by atoms with van der Waals surface area (Å²) in [6.45, 7) is 3.03. The number of nitrogens with one attached hydrogen (secondary N) is 2. The second-order valence-electron chi connectivity index (χ2n) is 3.39.